The van der Waals surface area contributed by atoms with E-state index >= 15 is 0 Å². The molecule has 0 saturated heterocycles. The summed E-state index contributed by atoms with van der Waals surface area (Å²) in [5.74, 6) is 0.0321. The molecule has 26 heavy (non-hydrogen) atoms. The van der Waals surface area contributed by atoms with Crippen molar-refractivity contribution in [3.63, 3.8) is 0 Å². The lowest BCUT2D eigenvalue weighted by atomic mass is 10.2. The molecule has 2 aromatic rings. The molecule has 0 unspecified atom stereocenters. The summed E-state index contributed by atoms with van der Waals surface area (Å²) in [4.78, 5) is 11.8. The lowest BCUT2D eigenvalue weighted by Crippen LogP contribution is -2.24. The van der Waals surface area contributed by atoms with Gasteiger partial charge in [-0.2, -0.15) is 5.10 Å². The lowest BCUT2D eigenvalue weighted by Gasteiger charge is -2.09. The molecule has 0 aliphatic carbocycles. The Morgan fingerprint density at radius 2 is 2.04 bits per heavy atom. The van der Waals surface area contributed by atoms with E-state index in [1.807, 2.05) is 0 Å². The predicted molar refractivity (Wildman–Crippen MR) is 105 cm³/mol. The van der Waals surface area contributed by atoms with Gasteiger partial charge in [0.25, 0.3) is 5.91 Å². The van der Waals surface area contributed by atoms with Crippen LogP contribution in [0.25, 0.3) is 0 Å². The van der Waals surface area contributed by atoms with Crippen molar-refractivity contribution >= 4 is 51.3 Å². The van der Waals surface area contributed by atoms with Crippen LogP contribution >= 0.6 is 39.1 Å². The fourth-order valence-corrected chi connectivity index (χ4v) is 2.68. The van der Waals surface area contributed by atoms with Gasteiger partial charge in [-0.1, -0.05) is 39.1 Å². The number of halogens is 3. The largest absolute Gasteiger partial charge is 0.504 e. The van der Waals surface area contributed by atoms with Crippen molar-refractivity contribution < 1.29 is 19.4 Å². The quantitative estimate of drug-likeness (QED) is 0.473. The third-order valence-electron chi connectivity index (χ3n) is 3.01. The average Bonchev–Trinajstić information content (AvgIpc) is 2.59. The first-order valence-electron chi connectivity index (χ1n) is 7.45. The van der Waals surface area contributed by atoms with Crippen molar-refractivity contribution in [2.24, 2.45) is 5.10 Å². The maximum Gasteiger partial charge on any atom is 0.277 e. The highest BCUT2D eigenvalue weighted by Gasteiger charge is 2.09. The molecular formula is C17H15BrCl2N2O4. The highest BCUT2D eigenvalue weighted by molar-refractivity contribution is 9.10. The number of phenolic OH excluding ortho intramolecular Hbond substituents is 1. The van der Waals surface area contributed by atoms with E-state index in [1.165, 1.54) is 12.3 Å². The number of ether oxygens (including phenoxy) is 2. The molecule has 0 aliphatic heterocycles. The van der Waals surface area contributed by atoms with Gasteiger partial charge >= 0.3 is 0 Å². The number of phenols is 1. The van der Waals surface area contributed by atoms with Crippen molar-refractivity contribution in [3.8, 4) is 17.2 Å². The minimum Gasteiger partial charge on any atom is -0.504 e. The number of benzene rings is 2. The summed E-state index contributed by atoms with van der Waals surface area (Å²) in [5.41, 5.74) is 2.67. The van der Waals surface area contributed by atoms with Crippen LogP contribution in [0.1, 0.15) is 12.5 Å². The van der Waals surface area contributed by atoms with Gasteiger partial charge in [-0.25, -0.2) is 5.43 Å². The highest BCUT2D eigenvalue weighted by Crippen LogP contribution is 2.33. The van der Waals surface area contributed by atoms with E-state index in [1.54, 1.807) is 31.2 Å². The van der Waals surface area contributed by atoms with Crippen molar-refractivity contribution in [1.82, 2.24) is 5.43 Å². The summed E-state index contributed by atoms with van der Waals surface area (Å²) in [6.45, 7) is 1.91. The van der Waals surface area contributed by atoms with Crippen LogP contribution in [0.15, 0.2) is 39.9 Å². The molecule has 1 amide bonds. The number of hydrazone groups is 1. The smallest absolute Gasteiger partial charge is 0.277 e. The summed E-state index contributed by atoms with van der Waals surface area (Å²) in [6.07, 6.45) is 1.30. The second kappa shape index (κ2) is 9.66. The minimum absolute atomic E-state index is 0.0741. The first-order chi connectivity index (χ1) is 12.4. The van der Waals surface area contributed by atoms with E-state index in [0.29, 0.717) is 38.2 Å². The number of rotatable bonds is 7. The van der Waals surface area contributed by atoms with E-state index in [0.717, 1.165) is 0 Å². The van der Waals surface area contributed by atoms with Crippen LogP contribution in [0.4, 0.5) is 0 Å². The zero-order valence-corrected chi connectivity index (χ0v) is 16.7. The third kappa shape index (κ3) is 5.79. The Balaban J connectivity index is 1.96. The number of hydrogen-bond acceptors (Lipinski definition) is 5. The number of hydrogen-bond donors (Lipinski definition) is 2. The maximum absolute atomic E-state index is 11.8. The third-order valence-corrected chi connectivity index (χ3v) is 4.02. The molecule has 138 valence electrons. The minimum atomic E-state index is -0.503. The number of aromatic hydroxyl groups is 1. The van der Waals surface area contributed by atoms with Crippen LogP contribution < -0.4 is 14.9 Å². The summed E-state index contributed by atoms with van der Waals surface area (Å²) in [7, 11) is 0. The van der Waals surface area contributed by atoms with E-state index < -0.39 is 5.91 Å². The monoisotopic (exact) mass is 460 g/mol. The van der Waals surface area contributed by atoms with Gasteiger partial charge in [-0.05, 0) is 31.2 Å². The Morgan fingerprint density at radius 1 is 1.27 bits per heavy atom. The first-order valence-corrected chi connectivity index (χ1v) is 9.00. The second-order valence-corrected chi connectivity index (χ2v) is 6.69. The van der Waals surface area contributed by atoms with E-state index in [-0.39, 0.29) is 12.4 Å². The second-order valence-electron chi connectivity index (χ2n) is 4.93. The Kier molecular flexibility index (Phi) is 7.56. The summed E-state index contributed by atoms with van der Waals surface area (Å²) in [6, 6.07) is 7.96. The molecule has 0 aliphatic rings. The van der Waals surface area contributed by atoms with Crippen LogP contribution in [0.3, 0.4) is 0 Å². The van der Waals surface area contributed by atoms with Crippen molar-refractivity contribution in [1.29, 1.82) is 0 Å². The summed E-state index contributed by atoms with van der Waals surface area (Å²) >= 11 is 15.1. The average molecular weight is 462 g/mol. The van der Waals surface area contributed by atoms with Crippen LogP contribution in [0, 0.1) is 0 Å². The topological polar surface area (TPSA) is 80.2 Å². The van der Waals surface area contributed by atoms with Gasteiger partial charge in [0.1, 0.15) is 5.75 Å². The predicted octanol–water partition coefficient (Wildman–Crippen LogP) is 4.39. The maximum atomic E-state index is 11.8. The number of carbonyl (C=O) groups is 1. The van der Waals surface area contributed by atoms with Crippen LogP contribution in [0.2, 0.25) is 10.0 Å². The highest BCUT2D eigenvalue weighted by atomic mass is 79.9. The Labute approximate surface area is 168 Å². The van der Waals surface area contributed by atoms with Crippen LogP contribution in [-0.4, -0.2) is 30.4 Å². The standard InChI is InChI=1S/C17H15BrCl2N2O4/c1-2-25-15-6-11(18)5-10(17(15)24)8-21-22-16(23)9-26-14-7-12(19)3-4-13(14)20/h3-8,24H,2,9H2,1H3,(H,22,23)/b21-8+. The molecular weight excluding hydrogens is 447 g/mol. The Hall–Kier alpha value is -1.96. The van der Waals surface area contributed by atoms with E-state index in [2.05, 4.69) is 26.5 Å². The molecule has 0 fully saturated rings. The SMILES string of the molecule is CCOc1cc(Br)cc(/C=N/NC(=O)COc2cc(Cl)ccc2Cl)c1O. The summed E-state index contributed by atoms with van der Waals surface area (Å²) < 4.78 is 11.3. The van der Waals surface area contributed by atoms with Gasteiger partial charge in [0, 0.05) is 21.1 Å². The number of carbonyl (C=O) groups excluding carboxylic acids is 1. The molecule has 9 heteroatoms. The van der Waals surface area contributed by atoms with Crippen LogP contribution in [0.5, 0.6) is 17.2 Å². The van der Waals surface area contributed by atoms with Gasteiger partial charge in [0.2, 0.25) is 0 Å². The van der Waals surface area contributed by atoms with Crippen LogP contribution in [-0.2, 0) is 4.79 Å². The molecule has 0 bridgehead atoms. The normalized spacial score (nSPS) is 10.8. The Bertz CT molecular complexity index is 831. The molecule has 2 N–H and O–H groups in total. The number of nitrogens with zero attached hydrogens (tertiary/aromatic N) is 1. The summed E-state index contributed by atoms with van der Waals surface area (Å²) in [5, 5.41) is 14.7. The molecule has 0 heterocycles. The molecule has 0 saturated carbocycles. The molecule has 6 nitrogen and oxygen atoms in total. The fourth-order valence-electron chi connectivity index (χ4n) is 1.90. The van der Waals surface area contributed by atoms with E-state index in [9.17, 15) is 9.90 Å². The zero-order valence-electron chi connectivity index (χ0n) is 13.6. The Morgan fingerprint density at radius 3 is 2.77 bits per heavy atom. The molecule has 0 radical (unpaired) electrons. The van der Waals surface area contributed by atoms with Gasteiger partial charge < -0.3 is 14.6 Å². The van der Waals surface area contributed by atoms with Gasteiger partial charge in [0.15, 0.2) is 18.1 Å². The van der Waals surface area contributed by atoms with Gasteiger partial charge in [0.05, 0.1) is 17.8 Å². The zero-order chi connectivity index (χ0) is 19.1. The van der Waals surface area contributed by atoms with Crippen molar-refractivity contribution in [3.05, 3.63) is 50.4 Å². The molecule has 2 aromatic carbocycles. The number of amides is 1. The molecule has 0 aromatic heterocycles. The number of nitrogens with one attached hydrogen (secondary N) is 1. The van der Waals surface area contributed by atoms with E-state index in [4.69, 9.17) is 32.7 Å². The van der Waals surface area contributed by atoms with Gasteiger partial charge in [-0.15, -0.1) is 0 Å². The molecule has 0 spiro atoms. The first kappa shape index (κ1) is 20.4. The fraction of sp³-hybridized carbons (Fsp3) is 0.176. The van der Waals surface area contributed by atoms with Gasteiger partial charge in [-0.3, -0.25) is 4.79 Å². The lowest BCUT2D eigenvalue weighted by molar-refractivity contribution is -0.123. The molecule has 0 atom stereocenters. The van der Waals surface area contributed by atoms with Crippen molar-refractivity contribution in [2.45, 2.75) is 6.92 Å². The molecule has 2 rings (SSSR count). The van der Waals surface area contributed by atoms with Crippen molar-refractivity contribution in [2.75, 3.05) is 13.2 Å².